The number of furan rings is 2. The number of hydrogen-bond acceptors (Lipinski definition) is 10. The van der Waals surface area contributed by atoms with Gasteiger partial charge < -0.3 is 8.83 Å². The average Bonchev–Trinajstić information content (AvgIpc) is 1.58. The van der Waals surface area contributed by atoms with E-state index < -0.39 is 0 Å². The smallest absolute Gasteiger partial charge is 0.167 e. The number of benzene rings is 22. The zero-order valence-electron chi connectivity index (χ0n) is 73.3. The van der Waals surface area contributed by atoms with Gasteiger partial charge in [0, 0.05) is 101 Å². The molecule has 22 aromatic carbocycles. The van der Waals surface area contributed by atoms with Crippen LogP contribution in [0.3, 0.4) is 0 Å². The summed E-state index contributed by atoms with van der Waals surface area (Å²) in [5.41, 5.74) is 18.7. The first kappa shape index (κ1) is 80.5. The Hall–Kier alpha value is -17.5. The molecule has 0 spiro atoms. The molecule has 10 heteroatoms. The number of hydrogen-bond donors (Lipinski definition) is 0. The van der Waals surface area contributed by atoms with Crippen LogP contribution in [0.5, 0.6) is 0 Å². The van der Waals surface area contributed by atoms with Gasteiger partial charge in [-0.05, 0) is 134 Å². The normalized spacial score (nSPS) is 11.5. The van der Waals surface area contributed by atoms with Crippen LogP contribution in [0.4, 0.5) is 0 Å². The average molecular weight is 1770 g/mol. The molecule has 28 rings (SSSR count). The fraction of sp³-hybridized carbons (Fsp3) is 0. The van der Waals surface area contributed by atoms with Crippen molar-refractivity contribution < 1.29 is 8.83 Å². The Kier molecular flexibility index (Phi) is 20.5. The van der Waals surface area contributed by atoms with Crippen LogP contribution in [0.1, 0.15) is 0 Å². The van der Waals surface area contributed by atoms with Gasteiger partial charge in [-0.2, -0.15) is 0 Å². The molecular weight excluding hydrogens is 1690 g/mol. The molecule has 6 heterocycles. The van der Waals surface area contributed by atoms with Gasteiger partial charge in [-0.15, -0.1) is 22.7 Å². The van der Waals surface area contributed by atoms with Crippen molar-refractivity contribution in [2.45, 2.75) is 0 Å². The van der Waals surface area contributed by atoms with Crippen molar-refractivity contribution in [2.75, 3.05) is 0 Å². The van der Waals surface area contributed by atoms with Crippen molar-refractivity contribution in [3.63, 3.8) is 0 Å². The van der Waals surface area contributed by atoms with Gasteiger partial charge in [0.2, 0.25) is 0 Å². The maximum atomic E-state index is 6.61. The SMILES string of the molecule is c1ccc(-c2nc(-c3ccccc3)nc(-c3cccc4c3oc3c(-c5ccccc5)cccc34)n2)cc1.c1ccc(-c2nc(-c3ccccc3)nc(-c3cccc4c3sc3c(-c5ccccc5)cccc34)n2)cc1.c1ccc2c(c1)oc1c(-c3ccc4c5ccccc5c5ccccc5c4c3)cccc12.c1ccc2c(c1)sc1c(-c3ccc4c5ccccc5c5ccccc5c4c3)cccc12. The fourth-order valence-corrected chi connectivity index (χ4v) is 22.2. The van der Waals surface area contributed by atoms with E-state index in [1.165, 1.54) is 133 Å². The third kappa shape index (κ3) is 14.6. The summed E-state index contributed by atoms with van der Waals surface area (Å²) in [6, 6.07) is 165. The number of fused-ring (bicyclic) bond motifs is 24. The highest BCUT2D eigenvalue weighted by molar-refractivity contribution is 7.27. The standard InChI is InChI=1S/C33H21N3O.C33H21N3S.C30H18O.C30H18S/c2*1-4-12-22(13-5-1)25-18-10-19-26-27-20-11-21-28(30(27)37-29(25)26)33-35-31(23-14-6-2-7-15-23)34-32(36-33)24-16-8-3-9-17-24;2*1-2-10-23-21(8-1)22-9-3-4-11-24(22)28-18-19(16-17-25(23)28)20-13-7-14-27-26-12-5-6-15-29(26)31-30(20)27/h2*1-21H;2*1-18H. The highest BCUT2D eigenvalue weighted by Gasteiger charge is 2.24. The molecule has 0 saturated heterocycles. The minimum Gasteiger partial charge on any atom is -0.455 e. The lowest BCUT2D eigenvalue weighted by molar-refractivity contribution is 0.670. The Balaban J connectivity index is 0.0000000968. The van der Waals surface area contributed by atoms with Crippen molar-refractivity contribution in [3.05, 3.63) is 473 Å². The fourth-order valence-electron chi connectivity index (χ4n) is 19.6. The molecule has 6 aromatic heterocycles. The maximum Gasteiger partial charge on any atom is 0.167 e. The second kappa shape index (κ2) is 34.6. The van der Waals surface area contributed by atoms with Crippen molar-refractivity contribution in [3.8, 4) is 113 Å². The topological polar surface area (TPSA) is 104 Å². The number of para-hydroxylation sites is 4. The van der Waals surface area contributed by atoms with E-state index in [0.29, 0.717) is 34.9 Å². The molecule has 0 fully saturated rings. The summed E-state index contributed by atoms with van der Waals surface area (Å²) in [5.74, 6) is 3.87. The Morgan fingerprint density at radius 3 is 0.838 bits per heavy atom. The zero-order chi connectivity index (χ0) is 89.9. The van der Waals surface area contributed by atoms with E-state index in [0.717, 1.165) is 93.9 Å². The van der Waals surface area contributed by atoms with E-state index in [9.17, 15) is 0 Å². The van der Waals surface area contributed by atoms with Gasteiger partial charge in [-0.25, -0.2) is 29.9 Å². The lowest BCUT2D eigenvalue weighted by atomic mass is 9.92. The Morgan fingerprint density at radius 2 is 0.397 bits per heavy atom. The third-order valence-corrected chi connectivity index (χ3v) is 28.5. The molecular formula is C126H78N6O2S2. The van der Waals surface area contributed by atoms with E-state index in [1.807, 2.05) is 186 Å². The summed E-state index contributed by atoms with van der Waals surface area (Å²) < 4.78 is 18.1. The van der Waals surface area contributed by atoms with E-state index >= 15 is 0 Å². The highest BCUT2D eigenvalue weighted by Crippen LogP contribution is 2.48. The summed E-state index contributed by atoms with van der Waals surface area (Å²) >= 11 is 3.70. The zero-order valence-corrected chi connectivity index (χ0v) is 75.0. The van der Waals surface area contributed by atoms with E-state index in [4.69, 9.17) is 38.7 Å². The Morgan fingerprint density at radius 1 is 0.140 bits per heavy atom. The Bertz CT molecular complexity index is 8760. The van der Waals surface area contributed by atoms with E-state index in [2.05, 4.69) is 309 Å². The van der Waals surface area contributed by atoms with Crippen LogP contribution in [0.15, 0.2) is 482 Å². The molecule has 0 saturated carbocycles. The number of rotatable bonds is 10. The predicted molar refractivity (Wildman–Crippen MR) is 572 cm³/mol. The van der Waals surface area contributed by atoms with E-state index in [-0.39, 0.29) is 0 Å². The maximum absolute atomic E-state index is 6.61. The molecule has 0 amide bonds. The number of thiophene rings is 2. The van der Waals surface area contributed by atoms with Crippen LogP contribution < -0.4 is 0 Å². The van der Waals surface area contributed by atoms with E-state index in [1.54, 1.807) is 0 Å². The van der Waals surface area contributed by atoms with Crippen LogP contribution in [-0.4, -0.2) is 29.9 Å². The second-order valence-electron chi connectivity index (χ2n) is 34.0. The van der Waals surface area contributed by atoms with Crippen molar-refractivity contribution in [1.29, 1.82) is 0 Å². The van der Waals surface area contributed by atoms with Crippen LogP contribution in [-0.2, 0) is 0 Å². The molecule has 0 N–H and O–H groups in total. The van der Waals surface area contributed by atoms with Gasteiger partial charge in [0.1, 0.15) is 22.3 Å². The third-order valence-electron chi connectivity index (χ3n) is 26.0. The Labute approximate surface area is 790 Å². The lowest BCUT2D eigenvalue weighted by Gasteiger charge is -2.12. The minimum atomic E-state index is 0.582. The van der Waals surface area contributed by atoms with Gasteiger partial charge in [-0.1, -0.05) is 437 Å². The molecule has 0 unspecified atom stereocenters. The summed E-state index contributed by atoms with van der Waals surface area (Å²) in [6.45, 7) is 0. The summed E-state index contributed by atoms with van der Waals surface area (Å²) in [6.07, 6.45) is 0. The number of aromatic nitrogens is 6. The lowest BCUT2D eigenvalue weighted by Crippen LogP contribution is -2.00. The first-order chi connectivity index (χ1) is 67.5. The molecule has 0 bridgehead atoms. The summed E-state index contributed by atoms with van der Waals surface area (Å²) in [7, 11) is 0. The monoisotopic (exact) mass is 1770 g/mol. The first-order valence-electron chi connectivity index (χ1n) is 45.7. The molecule has 636 valence electrons. The predicted octanol–water partition coefficient (Wildman–Crippen LogP) is 35.2. The van der Waals surface area contributed by atoms with Gasteiger partial charge in [0.25, 0.3) is 0 Å². The van der Waals surface area contributed by atoms with Crippen LogP contribution in [0.2, 0.25) is 0 Å². The minimum absolute atomic E-state index is 0.582. The molecule has 0 aliphatic rings. The molecule has 0 radical (unpaired) electrons. The van der Waals surface area contributed by atoms with Gasteiger partial charge in [0.15, 0.2) is 34.9 Å². The summed E-state index contributed by atoms with van der Waals surface area (Å²) in [5, 5.41) is 25.3. The number of nitrogens with zero attached hydrogens (tertiary/aromatic N) is 6. The molecule has 8 nitrogen and oxygen atoms in total. The van der Waals surface area contributed by atoms with Crippen molar-refractivity contribution in [2.24, 2.45) is 0 Å². The highest BCUT2D eigenvalue weighted by atomic mass is 32.1. The second-order valence-corrected chi connectivity index (χ2v) is 36.1. The molecule has 0 aliphatic carbocycles. The molecule has 0 atom stereocenters. The van der Waals surface area contributed by atoms with Crippen LogP contribution >= 0.6 is 22.7 Å². The quantitative estimate of drug-likeness (QED) is 0.125. The summed E-state index contributed by atoms with van der Waals surface area (Å²) in [4.78, 5) is 29.5. The molecule has 28 aromatic rings. The largest absolute Gasteiger partial charge is 0.455 e. The van der Waals surface area contributed by atoms with Crippen LogP contribution in [0.25, 0.3) is 262 Å². The first-order valence-corrected chi connectivity index (χ1v) is 47.3. The van der Waals surface area contributed by atoms with Gasteiger partial charge >= 0.3 is 0 Å². The van der Waals surface area contributed by atoms with Crippen molar-refractivity contribution in [1.82, 2.24) is 29.9 Å². The molecule has 136 heavy (non-hydrogen) atoms. The van der Waals surface area contributed by atoms with Gasteiger partial charge in [0.05, 0.1) is 5.56 Å². The molecule has 0 aliphatic heterocycles. The van der Waals surface area contributed by atoms with Crippen LogP contribution in [0, 0.1) is 0 Å². The van der Waals surface area contributed by atoms with Gasteiger partial charge in [-0.3, -0.25) is 0 Å². The van der Waals surface area contributed by atoms with Crippen molar-refractivity contribution >= 4 is 172 Å².